The number of amides is 2. The van der Waals surface area contributed by atoms with E-state index in [-0.39, 0.29) is 24.3 Å². The summed E-state index contributed by atoms with van der Waals surface area (Å²) in [7, 11) is 1.59. The van der Waals surface area contributed by atoms with Gasteiger partial charge in [0.15, 0.2) is 5.96 Å². The van der Waals surface area contributed by atoms with Crippen LogP contribution in [0.15, 0.2) is 60.8 Å². The van der Waals surface area contributed by atoms with E-state index in [4.69, 9.17) is 11.1 Å². The zero-order valence-electron chi connectivity index (χ0n) is 22.3. The second-order valence-electron chi connectivity index (χ2n) is 8.29. The minimum absolute atomic E-state index is 0.0599. The standard InChI is InChI=1S/C28H48N6O2/c1-3-4-5-6-7-8-9-10-11-12-13-14-15-16-17-18-19-20-26(35)32-23-21-31-22-24-33-27(36)25-34(2)28(29)30/h4-5,7-8,10-11,13-14,16-17,31H,3,6,9,12,15,18-25H2,1-2H3,(H3,29,30)(H,32,35)(H,33,36)/b5-4-,8-7-,11-10-,14-13-,17-16-. The van der Waals surface area contributed by atoms with Crippen molar-refractivity contribution in [3.63, 3.8) is 0 Å². The van der Waals surface area contributed by atoms with Crippen molar-refractivity contribution in [1.82, 2.24) is 20.9 Å². The number of unbranched alkanes of at least 4 members (excludes halogenated alkanes) is 1. The predicted octanol–water partition coefficient (Wildman–Crippen LogP) is 3.56. The van der Waals surface area contributed by atoms with Gasteiger partial charge in [-0.2, -0.15) is 0 Å². The number of likely N-dealkylation sites (N-methyl/N-ethyl adjacent to an activating group) is 1. The molecule has 0 aliphatic rings. The second kappa shape index (κ2) is 25.0. The summed E-state index contributed by atoms with van der Waals surface area (Å²) >= 11 is 0. The van der Waals surface area contributed by atoms with Gasteiger partial charge in [-0.15, -0.1) is 0 Å². The molecule has 0 aromatic rings. The summed E-state index contributed by atoms with van der Waals surface area (Å²) in [5, 5.41) is 16.0. The van der Waals surface area contributed by atoms with Crippen LogP contribution in [0.4, 0.5) is 0 Å². The van der Waals surface area contributed by atoms with Crippen LogP contribution in [-0.2, 0) is 9.59 Å². The molecule has 0 radical (unpaired) electrons. The third kappa shape index (κ3) is 24.0. The number of nitrogens with one attached hydrogen (secondary N) is 4. The lowest BCUT2D eigenvalue weighted by atomic mass is 10.2. The van der Waals surface area contributed by atoms with Crippen LogP contribution >= 0.6 is 0 Å². The first-order valence-corrected chi connectivity index (χ1v) is 13.0. The molecule has 0 aromatic carbocycles. The Labute approximate surface area is 218 Å². The highest BCUT2D eigenvalue weighted by Gasteiger charge is 2.06. The first-order valence-electron chi connectivity index (χ1n) is 13.0. The molecule has 0 aromatic heterocycles. The summed E-state index contributed by atoms with van der Waals surface area (Å²) in [6, 6.07) is 0. The average Bonchev–Trinajstić information content (AvgIpc) is 2.85. The molecule has 0 aliphatic heterocycles. The molecule has 0 atom stereocenters. The fraction of sp³-hybridized carbons (Fsp3) is 0.536. The van der Waals surface area contributed by atoms with Gasteiger partial charge < -0.3 is 26.6 Å². The molecule has 0 heterocycles. The van der Waals surface area contributed by atoms with E-state index >= 15 is 0 Å². The van der Waals surface area contributed by atoms with Gasteiger partial charge in [-0.1, -0.05) is 67.7 Å². The van der Waals surface area contributed by atoms with Gasteiger partial charge in [-0.3, -0.25) is 15.0 Å². The van der Waals surface area contributed by atoms with E-state index < -0.39 is 0 Å². The number of hydrogen-bond donors (Lipinski definition) is 5. The summed E-state index contributed by atoms with van der Waals surface area (Å²) in [6.07, 6.45) is 29.0. The van der Waals surface area contributed by atoms with Gasteiger partial charge in [0.05, 0.1) is 6.54 Å². The van der Waals surface area contributed by atoms with E-state index in [0.29, 0.717) is 32.6 Å². The van der Waals surface area contributed by atoms with E-state index in [2.05, 4.69) is 83.6 Å². The molecule has 0 bridgehead atoms. The molecule has 6 N–H and O–H groups in total. The van der Waals surface area contributed by atoms with Crippen molar-refractivity contribution in [3.8, 4) is 0 Å². The van der Waals surface area contributed by atoms with Crippen molar-refractivity contribution in [2.24, 2.45) is 5.73 Å². The van der Waals surface area contributed by atoms with Gasteiger partial charge >= 0.3 is 0 Å². The third-order valence-electron chi connectivity index (χ3n) is 4.97. The minimum atomic E-state index is -0.185. The Kier molecular flexibility index (Phi) is 22.8. The summed E-state index contributed by atoms with van der Waals surface area (Å²) in [5.74, 6) is -0.267. The summed E-state index contributed by atoms with van der Waals surface area (Å²) < 4.78 is 0. The molecule has 0 rings (SSSR count). The SMILES string of the molecule is CC/C=C\C/C=C\C/C=C\C/C=C\C/C=C\CCCC(=O)NCCNCCNC(=O)CN(C)C(=N)N. The lowest BCUT2D eigenvalue weighted by Gasteiger charge is -2.15. The Bertz CT molecular complexity index is 740. The van der Waals surface area contributed by atoms with Crippen LogP contribution in [0.5, 0.6) is 0 Å². The van der Waals surface area contributed by atoms with Crippen LogP contribution in [0.25, 0.3) is 0 Å². The smallest absolute Gasteiger partial charge is 0.239 e. The Balaban J connectivity index is 3.54. The Hall–Kier alpha value is -3.13. The largest absolute Gasteiger partial charge is 0.370 e. The fourth-order valence-electron chi connectivity index (χ4n) is 2.90. The van der Waals surface area contributed by atoms with E-state index in [1.165, 1.54) is 4.90 Å². The van der Waals surface area contributed by atoms with Crippen LogP contribution in [-0.4, -0.2) is 62.4 Å². The van der Waals surface area contributed by atoms with Crippen LogP contribution < -0.4 is 21.7 Å². The first-order chi connectivity index (χ1) is 17.5. The van der Waals surface area contributed by atoms with Crippen molar-refractivity contribution in [2.45, 2.75) is 58.3 Å². The number of carbonyl (C=O) groups excluding carboxylic acids is 2. The topological polar surface area (TPSA) is 123 Å². The molecule has 8 nitrogen and oxygen atoms in total. The molecular formula is C28H48N6O2. The monoisotopic (exact) mass is 500 g/mol. The zero-order valence-corrected chi connectivity index (χ0v) is 22.3. The molecule has 202 valence electrons. The van der Waals surface area contributed by atoms with Crippen molar-refractivity contribution >= 4 is 17.8 Å². The Morgan fingerprint density at radius 1 is 0.750 bits per heavy atom. The summed E-state index contributed by atoms with van der Waals surface area (Å²) in [5.41, 5.74) is 5.29. The number of carbonyl (C=O) groups is 2. The number of allylic oxidation sites excluding steroid dienone is 10. The fourth-order valence-corrected chi connectivity index (χ4v) is 2.90. The van der Waals surface area contributed by atoms with E-state index in [1.54, 1.807) is 7.05 Å². The van der Waals surface area contributed by atoms with Gasteiger partial charge in [0.1, 0.15) is 0 Å². The normalized spacial score (nSPS) is 11.9. The van der Waals surface area contributed by atoms with Gasteiger partial charge in [0.25, 0.3) is 0 Å². The third-order valence-corrected chi connectivity index (χ3v) is 4.97. The zero-order chi connectivity index (χ0) is 26.7. The lowest BCUT2D eigenvalue weighted by Crippen LogP contribution is -2.43. The molecule has 0 unspecified atom stereocenters. The van der Waals surface area contributed by atoms with Crippen LogP contribution in [0.3, 0.4) is 0 Å². The Morgan fingerprint density at radius 2 is 1.22 bits per heavy atom. The Morgan fingerprint density at radius 3 is 1.72 bits per heavy atom. The molecule has 0 saturated carbocycles. The van der Waals surface area contributed by atoms with Crippen molar-refractivity contribution in [1.29, 1.82) is 5.41 Å². The summed E-state index contributed by atoms with van der Waals surface area (Å²) in [4.78, 5) is 24.9. The molecule has 2 amide bonds. The highest BCUT2D eigenvalue weighted by molar-refractivity contribution is 5.83. The number of hydrogen-bond acceptors (Lipinski definition) is 4. The summed E-state index contributed by atoms with van der Waals surface area (Å²) in [6.45, 7) is 4.49. The van der Waals surface area contributed by atoms with E-state index in [0.717, 1.165) is 44.9 Å². The number of rotatable bonds is 21. The van der Waals surface area contributed by atoms with Crippen molar-refractivity contribution < 1.29 is 9.59 Å². The molecular weight excluding hydrogens is 452 g/mol. The molecule has 0 spiro atoms. The number of nitrogens with zero attached hydrogens (tertiary/aromatic N) is 1. The minimum Gasteiger partial charge on any atom is -0.370 e. The molecule has 8 heteroatoms. The molecule has 0 aliphatic carbocycles. The molecule has 36 heavy (non-hydrogen) atoms. The molecule has 0 fully saturated rings. The van der Waals surface area contributed by atoms with Crippen molar-refractivity contribution in [3.05, 3.63) is 60.8 Å². The van der Waals surface area contributed by atoms with Gasteiger partial charge in [-0.05, 0) is 44.9 Å². The maximum atomic E-state index is 11.9. The highest BCUT2D eigenvalue weighted by Crippen LogP contribution is 1.99. The second-order valence-corrected chi connectivity index (χ2v) is 8.29. The first kappa shape index (κ1) is 32.9. The van der Waals surface area contributed by atoms with Gasteiger partial charge in [0, 0.05) is 39.6 Å². The van der Waals surface area contributed by atoms with Gasteiger partial charge in [0.2, 0.25) is 11.8 Å². The number of guanidine groups is 1. The highest BCUT2D eigenvalue weighted by atomic mass is 16.2. The lowest BCUT2D eigenvalue weighted by molar-refractivity contribution is -0.121. The van der Waals surface area contributed by atoms with Crippen LogP contribution in [0.2, 0.25) is 0 Å². The number of nitrogens with two attached hydrogens (primary N) is 1. The van der Waals surface area contributed by atoms with E-state index in [9.17, 15) is 9.59 Å². The van der Waals surface area contributed by atoms with Gasteiger partial charge in [-0.25, -0.2) is 0 Å². The van der Waals surface area contributed by atoms with Crippen LogP contribution in [0, 0.1) is 5.41 Å². The van der Waals surface area contributed by atoms with Crippen molar-refractivity contribution in [2.75, 3.05) is 39.8 Å². The van der Waals surface area contributed by atoms with Crippen LogP contribution in [0.1, 0.15) is 58.3 Å². The predicted molar refractivity (Wildman–Crippen MR) is 152 cm³/mol. The quantitative estimate of drug-likeness (QED) is 0.0714. The molecule has 0 saturated heterocycles. The maximum absolute atomic E-state index is 11.9. The average molecular weight is 501 g/mol. The van der Waals surface area contributed by atoms with E-state index in [1.807, 2.05) is 0 Å². The maximum Gasteiger partial charge on any atom is 0.239 e.